The Balaban J connectivity index is 1.99. The van der Waals surface area contributed by atoms with Crippen molar-refractivity contribution in [3.63, 3.8) is 0 Å². The van der Waals surface area contributed by atoms with E-state index < -0.39 is 9.84 Å². The van der Waals surface area contributed by atoms with E-state index in [0.29, 0.717) is 5.75 Å². The molecule has 0 amide bonds. The van der Waals surface area contributed by atoms with Crippen LogP contribution in [0.1, 0.15) is 24.3 Å². The standard InChI is InChI=1S/C10H14BrNO2S2/c1-7(10-9(11)2-4-15-10)12-8-3-5-16(13,14)6-8/h2,4,7-8,12H,3,5-6H2,1H3. The first kappa shape index (κ1) is 12.5. The SMILES string of the molecule is CC(NC1CCS(=O)(=O)C1)c1sccc1Br. The molecular formula is C10H14BrNO2S2. The minimum atomic E-state index is -2.79. The molecule has 1 aromatic heterocycles. The summed E-state index contributed by atoms with van der Waals surface area (Å²) < 4.78 is 23.8. The van der Waals surface area contributed by atoms with Crippen LogP contribution < -0.4 is 5.32 Å². The van der Waals surface area contributed by atoms with Crippen LogP contribution in [0.5, 0.6) is 0 Å². The Morgan fingerprint density at radius 3 is 2.88 bits per heavy atom. The van der Waals surface area contributed by atoms with Crippen LogP contribution in [0.25, 0.3) is 0 Å². The molecule has 1 saturated heterocycles. The molecule has 1 aliphatic heterocycles. The largest absolute Gasteiger partial charge is 0.306 e. The van der Waals surface area contributed by atoms with Crippen molar-refractivity contribution in [1.29, 1.82) is 0 Å². The van der Waals surface area contributed by atoms with Gasteiger partial charge in [0, 0.05) is 21.4 Å². The number of halogens is 1. The highest BCUT2D eigenvalue weighted by Crippen LogP contribution is 2.29. The van der Waals surface area contributed by atoms with E-state index in [4.69, 9.17) is 0 Å². The lowest BCUT2D eigenvalue weighted by atomic mass is 10.2. The van der Waals surface area contributed by atoms with Gasteiger partial charge in [-0.3, -0.25) is 0 Å². The van der Waals surface area contributed by atoms with Crippen molar-refractivity contribution >= 4 is 37.1 Å². The molecule has 2 atom stereocenters. The van der Waals surface area contributed by atoms with Gasteiger partial charge in [-0.15, -0.1) is 11.3 Å². The molecule has 1 aromatic rings. The van der Waals surface area contributed by atoms with Crippen LogP contribution in [0, 0.1) is 0 Å². The van der Waals surface area contributed by atoms with Gasteiger partial charge in [-0.1, -0.05) is 0 Å². The van der Waals surface area contributed by atoms with Crippen LogP contribution in [-0.2, 0) is 9.84 Å². The van der Waals surface area contributed by atoms with Gasteiger partial charge in [-0.2, -0.15) is 0 Å². The van der Waals surface area contributed by atoms with Crippen molar-refractivity contribution in [3.8, 4) is 0 Å². The minimum Gasteiger partial charge on any atom is -0.306 e. The van der Waals surface area contributed by atoms with E-state index in [9.17, 15) is 8.42 Å². The molecule has 0 radical (unpaired) electrons. The maximum absolute atomic E-state index is 11.3. The van der Waals surface area contributed by atoms with Crippen LogP contribution in [0.4, 0.5) is 0 Å². The van der Waals surface area contributed by atoms with E-state index in [1.54, 1.807) is 11.3 Å². The molecule has 2 heterocycles. The summed E-state index contributed by atoms with van der Waals surface area (Å²) in [6.45, 7) is 2.07. The number of thiophene rings is 1. The monoisotopic (exact) mass is 323 g/mol. The van der Waals surface area contributed by atoms with E-state index in [-0.39, 0.29) is 17.8 Å². The third-order valence-corrected chi connectivity index (χ3v) is 6.58. The molecule has 0 aromatic carbocycles. The number of nitrogens with one attached hydrogen (secondary N) is 1. The summed E-state index contributed by atoms with van der Waals surface area (Å²) in [5.41, 5.74) is 0. The third kappa shape index (κ3) is 2.85. The first-order valence-electron chi connectivity index (χ1n) is 5.17. The van der Waals surface area contributed by atoms with E-state index in [0.717, 1.165) is 10.9 Å². The summed E-state index contributed by atoms with van der Waals surface area (Å²) >= 11 is 5.17. The van der Waals surface area contributed by atoms with Crippen molar-refractivity contribution in [2.45, 2.75) is 25.4 Å². The summed E-state index contributed by atoms with van der Waals surface area (Å²) in [6.07, 6.45) is 0.732. The fourth-order valence-corrected chi connectivity index (χ4v) is 5.39. The summed E-state index contributed by atoms with van der Waals surface area (Å²) in [7, 11) is -2.79. The van der Waals surface area contributed by atoms with E-state index >= 15 is 0 Å². The van der Waals surface area contributed by atoms with Gasteiger partial charge in [0.1, 0.15) is 0 Å². The fraction of sp³-hybridized carbons (Fsp3) is 0.600. The zero-order valence-electron chi connectivity index (χ0n) is 8.94. The lowest BCUT2D eigenvalue weighted by Crippen LogP contribution is -2.32. The Morgan fingerprint density at radius 2 is 2.38 bits per heavy atom. The normalized spacial score (nSPS) is 25.8. The van der Waals surface area contributed by atoms with E-state index in [1.165, 1.54) is 4.88 Å². The minimum absolute atomic E-state index is 0.106. The third-order valence-electron chi connectivity index (χ3n) is 2.76. The molecule has 2 unspecified atom stereocenters. The van der Waals surface area contributed by atoms with Gasteiger partial charge in [0.05, 0.1) is 11.5 Å². The zero-order valence-corrected chi connectivity index (χ0v) is 12.2. The van der Waals surface area contributed by atoms with Gasteiger partial charge in [0.25, 0.3) is 0 Å². The van der Waals surface area contributed by atoms with Crippen LogP contribution in [-0.4, -0.2) is 26.0 Å². The average molecular weight is 324 g/mol. The van der Waals surface area contributed by atoms with Gasteiger partial charge < -0.3 is 5.32 Å². The quantitative estimate of drug-likeness (QED) is 0.928. The van der Waals surface area contributed by atoms with Gasteiger partial charge in [0.15, 0.2) is 9.84 Å². The second kappa shape index (κ2) is 4.76. The molecule has 1 fully saturated rings. The Morgan fingerprint density at radius 1 is 1.62 bits per heavy atom. The molecule has 0 bridgehead atoms. The van der Waals surface area contributed by atoms with Crippen LogP contribution in [0.3, 0.4) is 0 Å². The molecule has 1 N–H and O–H groups in total. The molecule has 1 aliphatic rings. The van der Waals surface area contributed by atoms with Crippen molar-refractivity contribution in [3.05, 3.63) is 20.8 Å². The lowest BCUT2D eigenvalue weighted by molar-refractivity contribution is 0.489. The second-order valence-corrected chi connectivity index (χ2v) is 8.15. The van der Waals surface area contributed by atoms with E-state index in [1.807, 2.05) is 11.4 Å². The van der Waals surface area contributed by atoms with Crippen molar-refractivity contribution in [2.75, 3.05) is 11.5 Å². The topological polar surface area (TPSA) is 46.2 Å². The second-order valence-electron chi connectivity index (χ2n) is 4.12. The molecule has 90 valence electrons. The van der Waals surface area contributed by atoms with Crippen molar-refractivity contribution < 1.29 is 8.42 Å². The predicted octanol–water partition coefficient (Wildman–Crippen LogP) is 2.35. The number of hydrogen-bond acceptors (Lipinski definition) is 4. The molecule has 0 spiro atoms. The predicted molar refractivity (Wildman–Crippen MR) is 70.6 cm³/mol. The molecule has 3 nitrogen and oxygen atoms in total. The van der Waals surface area contributed by atoms with Gasteiger partial charge in [-0.25, -0.2) is 8.42 Å². The van der Waals surface area contributed by atoms with Crippen molar-refractivity contribution in [2.24, 2.45) is 0 Å². The number of hydrogen-bond donors (Lipinski definition) is 1. The van der Waals surface area contributed by atoms with E-state index in [2.05, 4.69) is 28.2 Å². The maximum Gasteiger partial charge on any atom is 0.151 e. The number of sulfone groups is 1. The first-order valence-corrected chi connectivity index (χ1v) is 8.67. The molecule has 16 heavy (non-hydrogen) atoms. The molecule has 2 rings (SSSR count). The Hall–Kier alpha value is 0.0900. The molecule has 0 aliphatic carbocycles. The highest BCUT2D eigenvalue weighted by molar-refractivity contribution is 9.10. The fourth-order valence-electron chi connectivity index (χ4n) is 1.97. The van der Waals surface area contributed by atoms with Crippen LogP contribution >= 0.6 is 27.3 Å². The molecule has 0 saturated carbocycles. The summed E-state index contributed by atoms with van der Waals surface area (Å²) in [5, 5.41) is 5.41. The Kier molecular flexibility index (Phi) is 3.73. The highest BCUT2D eigenvalue weighted by atomic mass is 79.9. The summed E-state index contributed by atoms with van der Waals surface area (Å²) in [4.78, 5) is 1.23. The zero-order chi connectivity index (χ0) is 11.8. The average Bonchev–Trinajstić information content (AvgIpc) is 2.72. The van der Waals surface area contributed by atoms with Crippen LogP contribution in [0.15, 0.2) is 15.9 Å². The smallest absolute Gasteiger partial charge is 0.151 e. The summed E-state index contributed by atoms with van der Waals surface area (Å²) in [6, 6.07) is 2.32. The Bertz CT molecular complexity index is 469. The lowest BCUT2D eigenvalue weighted by Gasteiger charge is -2.17. The number of rotatable bonds is 3. The highest BCUT2D eigenvalue weighted by Gasteiger charge is 2.29. The van der Waals surface area contributed by atoms with Gasteiger partial charge >= 0.3 is 0 Å². The Labute approximate surface area is 108 Å². The maximum atomic E-state index is 11.3. The van der Waals surface area contributed by atoms with Crippen molar-refractivity contribution in [1.82, 2.24) is 5.32 Å². The molecular weight excluding hydrogens is 310 g/mol. The first-order chi connectivity index (χ1) is 7.48. The van der Waals surface area contributed by atoms with Crippen LogP contribution in [0.2, 0.25) is 0 Å². The van der Waals surface area contributed by atoms with Gasteiger partial charge in [-0.05, 0) is 40.7 Å². The molecule has 6 heteroatoms. The van der Waals surface area contributed by atoms with Gasteiger partial charge in [0.2, 0.25) is 0 Å². The summed E-state index contributed by atoms with van der Waals surface area (Å²) in [5.74, 6) is 0.601.